The van der Waals surface area contributed by atoms with Crippen molar-refractivity contribution in [3.05, 3.63) is 168 Å². The van der Waals surface area contributed by atoms with Crippen LogP contribution in [0.2, 0.25) is 0 Å². The van der Waals surface area contributed by atoms with Gasteiger partial charge in [-0.25, -0.2) is 0 Å². The standard InChI is InChI=1S/C73H104N2O7/c1-5-6-7-8-9-10-11-12-14-17-20-35-46-68(79-54-62-40-29-24-30-41-62)71(80-55-63-42-31-25-32-43-63)67(56-81-73-60(4)58(2)59(3)69(82-73)57-78-53-61-38-27-23-28-39-61)75-70(76)47-36-21-18-15-13-16-19-22-37-52-74-72(77)66-50-48-65(49-51-66)64-44-33-26-34-45-64/h23-34,38-45,48-51,58-60,67-69,71,73H,5-22,35-37,46-47,52-57H2,1-4H3,(H,74,77)(H,75,76)/t58-,59+,60?,67-,68+,69?,71-,73-/m0/s1. The Hall–Kier alpha value is -5.16. The molecule has 448 valence electrons. The normalized spacial score (nSPS) is 18.2. The van der Waals surface area contributed by atoms with Gasteiger partial charge in [0.1, 0.15) is 6.10 Å². The van der Waals surface area contributed by atoms with E-state index in [0.29, 0.717) is 50.9 Å². The smallest absolute Gasteiger partial charge is 0.251 e. The van der Waals surface area contributed by atoms with Gasteiger partial charge in [0.2, 0.25) is 5.91 Å². The van der Waals surface area contributed by atoms with Crippen molar-refractivity contribution in [1.29, 1.82) is 0 Å². The molecule has 0 bridgehead atoms. The summed E-state index contributed by atoms with van der Waals surface area (Å²) in [5.74, 6) is 0.713. The van der Waals surface area contributed by atoms with Gasteiger partial charge in [-0.15, -0.1) is 0 Å². The Morgan fingerprint density at radius 1 is 0.500 bits per heavy atom. The number of carbonyl (C=O) groups is 2. The molecule has 82 heavy (non-hydrogen) atoms. The highest BCUT2D eigenvalue weighted by Crippen LogP contribution is 2.36. The molecule has 9 nitrogen and oxygen atoms in total. The van der Waals surface area contributed by atoms with Gasteiger partial charge in [-0.1, -0.05) is 283 Å². The molecule has 0 aromatic heterocycles. The number of unbranched alkanes of at least 4 members (excludes halogenated alkanes) is 19. The lowest BCUT2D eigenvalue weighted by molar-refractivity contribution is -0.262. The van der Waals surface area contributed by atoms with Gasteiger partial charge in [0, 0.05) is 24.4 Å². The summed E-state index contributed by atoms with van der Waals surface area (Å²) < 4.78 is 34.1. The molecule has 2 N–H and O–H groups in total. The molecule has 2 amide bonds. The van der Waals surface area contributed by atoms with Crippen LogP contribution < -0.4 is 10.6 Å². The highest BCUT2D eigenvalue weighted by molar-refractivity contribution is 5.94. The Morgan fingerprint density at radius 2 is 0.976 bits per heavy atom. The summed E-state index contributed by atoms with van der Waals surface area (Å²) in [5, 5.41) is 6.60. The third kappa shape index (κ3) is 25.4. The fourth-order valence-corrected chi connectivity index (χ4v) is 11.4. The van der Waals surface area contributed by atoms with E-state index in [1.807, 2.05) is 84.9 Å². The second-order valence-corrected chi connectivity index (χ2v) is 23.5. The number of hydrogen-bond acceptors (Lipinski definition) is 7. The molecule has 1 heterocycles. The summed E-state index contributed by atoms with van der Waals surface area (Å²) in [6.45, 7) is 11.8. The highest BCUT2D eigenvalue weighted by atomic mass is 16.7. The summed E-state index contributed by atoms with van der Waals surface area (Å²) in [6.07, 6.45) is 24.8. The summed E-state index contributed by atoms with van der Waals surface area (Å²) in [7, 11) is 0. The number of rotatable bonds is 43. The molecule has 1 aliphatic rings. The first kappa shape index (κ1) is 66.0. The molecular weight excluding hydrogens is 1020 g/mol. The van der Waals surface area contributed by atoms with Crippen LogP contribution in [-0.4, -0.2) is 62.2 Å². The van der Waals surface area contributed by atoms with Crippen LogP contribution >= 0.6 is 0 Å². The number of hydrogen-bond donors (Lipinski definition) is 2. The van der Waals surface area contributed by atoms with Crippen molar-refractivity contribution < 1.29 is 33.3 Å². The lowest BCUT2D eigenvalue weighted by Crippen LogP contribution is -2.54. The average Bonchev–Trinajstić information content (AvgIpc) is 3.68. The molecule has 2 unspecified atom stereocenters. The second kappa shape index (κ2) is 40.2. The van der Waals surface area contributed by atoms with Crippen molar-refractivity contribution in [3.63, 3.8) is 0 Å². The maximum Gasteiger partial charge on any atom is 0.251 e. The Balaban J connectivity index is 1.04. The molecule has 6 rings (SSSR count). The van der Waals surface area contributed by atoms with E-state index in [2.05, 4.69) is 99.0 Å². The van der Waals surface area contributed by atoms with Crippen molar-refractivity contribution in [3.8, 4) is 11.1 Å². The average molecular weight is 1120 g/mol. The van der Waals surface area contributed by atoms with E-state index in [-0.39, 0.29) is 42.5 Å². The predicted molar refractivity (Wildman–Crippen MR) is 336 cm³/mol. The van der Waals surface area contributed by atoms with Crippen LogP contribution in [0, 0.1) is 17.8 Å². The minimum Gasteiger partial charge on any atom is -0.374 e. The van der Waals surface area contributed by atoms with E-state index in [0.717, 1.165) is 92.0 Å². The zero-order valence-corrected chi connectivity index (χ0v) is 50.8. The van der Waals surface area contributed by atoms with Crippen LogP contribution in [0.25, 0.3) is 11.1 Å². The van der Waals surface area contributed by atoms with Crippen molar-refractivity contribution in [2.45, 2.75) is 226 Å². The molecule has 0 saturated carbocycles. The van der Waals surface area contributed by atoms with Crippen molar-refractivity contribution >= 4 is 11.8 Å². The fraction of sp³-hybridized carbons (Fsp3) is 0.562. The van der Waals surface area contributed by atoms with Gasteiger partial charge in [-0.3, -0.25) is 9.59 Å². The third-order valence-electron chi connectivity index (χ3n) is 17.0. The first-order chi connectivity index (χ1) is 40.3. The first-order valence-electron chi connectivity index (χ1n) is 32.2. The first-order valence-corrected chi connectivity index (χ1v) is 32.2. The minimum absolute atomic E-state index is 0.0113. The Bertz CT molecular complexity index is 2390. The molecular formula is C73H104N2O7. The molecule has 0 aliphatic carbocycles. The Labute approximate surface area is 495 Å². The van der Waals surface area contributed by atoms with Crippen LogP contribution in [-0.2, 0) is 48.3 Å². The molecule has 1 aliphatic heterocycles. The summed E-state index contributed by atoms with van der Waals surface area (Å²) in [6, 6.07) is 48.6. The van der Waals surface area contributed by atoms with Crippen LogP contribution in [0.3, 0.4) is 0 Å². The van der Waals surface area contributed by atoms with E-state index in [1.54, 1.807) is 0 Å². The molecule has 0 radical (unpaired) electrons. The second-order valence-electron chi connectivity index (χ2n) is 23.5. The van der Waals surface area contributed by atoms with Gasteiger partial charge in [-0.05, 0) is 71.0 Å². The lowest BCUT2D eigenvalue weighted by Gasteiger charge is -2.44. The fourth-order valence-electron chi connectivity index (χ4n) is 11.4. The maximum atomic E-state index is 14.3. The third-order valence-corrected chi connectivity index (χ3v) is 17.0. The lowest BCUT2D eigenvalue weighted by atomic mass is 9.79. The molecule has 5 aromatic carbocycles. The van der Waals surface area contributed by atoms with Crippen LogP contribution in [0.4, 0.5) is 0 Å². The van der Waals surface area contributed by atoms with Crippen LogP contribution in [0.5, 0.6) is 0 Å². The molecule has 9 heteroatoms. The Morgan fingerprint density at radius 3 is 1.54 bits per heavy atom. The highest BCUT2D eigenvalue weighted by Gasteiger charge is 2.41. The van der Waals surface area contributed by atoms with Crippen LogP contribution in [0.1, 0.15) is 202 Å². The molecule has 1 saturated heterocycles. The summed E-state index contributed by atoms with van der Waals surface area (Å²) in [5.41, 5.74) is 6.27. The maximum absolute atomic E-state index is 14.3. The summed E-state index contributed by atoms with van der Waals surface area (Å²) in [4.78, 5) is 27.1. The number of benzene rings is 5. The topological polar surface area (TPSA) is 104 Å². The van der Waals surface area contributed by atoms with Gasteiger partial charge < -0.3 is 34.3 Å². The zero-order chi connectivity index (χ0) is 57.7. The molecule has 1 fully saturated rings. The van der Waals surface area contributed by atoms with Gasteiger partial charge in [0.05, 0.1) is 51.3 Å². The SMILES string of the molecule is CCCCCCCCCCCCCC[C@@H](OCc1ccccc1)[C@@H](OCc1ccccc1)[C@H](CO[C@H]1OC(COCc2ccccc2)[C@H](C)[C@H](C)C1C)NC(=O)CCCCCCCCCCCNC(=O)c1ccc(-c2ccccc2)cc1. The molecule has 8 atom stereocenters. The van der Waals surface area contributed by atoms with E-state index >= 15 is 0 Å². The minimum atomic E-state index is -0.493. The summed E-state index contributed by atoms with van der Waals surface area (Å²) >= 11 is 0. The van der Waals surface area contributed by atoms with E-state index < -0.39 is 18.4 Å². The largest absolute Gasteiger partial charge is 0.374 e. The molecule has 5 aromatic rings. The quantitative estimate of drug-likeness (QED) is 0.0375. The Kier molecular flexibility index (Phi) is 32.3. The van der Waals surface area contributed by atoms with E-state index in [9.17, 15) is 9.59 Å². The number of carbonyl (C=O) groups excluding carboxylic acids is 2. The van der Waals surface area contributed by atoms with Gasteiger partial charge in [-0.2, -0.15) is 0 Å². The zero-order valence-electron chi connectivity index (χ0n) is 50.8. The number of amides is 2. The van der Waals surface area contributed by atoms with Crippen LogP contribution in [0.15, 0.2) is 146 Å². The van der Waals surface area contributed by atoms with Gasteiger partial charge in [0.15, 0.2) is 6.29 Å². The van der Waals surface area contributed by atoms with Crippen molar-refractivity contribution in [1.82, 2.24) is 10.6 Å². The predicted octanol–water partition coefficient (Wildman–Crippen LogP) is 17.6. The number of nitrogens with one attached hydrogen (secondary N) is 2. The van der Waals surface area contributed by atoms with Gasteiger partial charge in [0.25, 0.3) is 5.91 Å². The van der Waals surface area contributed by atoms with E-state index in [1.165, 1.54) is 77.0 Å². The van der Waals surface area contributed by atoms with E-state index in [4.69, 9.17) is 23.7 Å². The molecule has 0 spiro atoms. The monoisotopic (exact) mass is 1120 g/mol. The number of ether oxygens (including phenoxy) is 5. The van der Waals surface area contributed by atoms with Crippen molar-refractivity contribution in [2.75, 3.05) is 19.8 Å². The van der Waals surface area contributed by atoms with Gasteiger partial charge >= 0.3 is 0 Å². The van der Waals surface area contributed by atoms with Crippen molar-refractivity contribution in [2.24, 2.45) is 17.8 Å².